The largest absolute Gasteiger partial charge is 0.126 e. The Kier molecular flexibility index (Phi) is 15.0. The fourth-order valence-electron chi connectivity index (χ4n) is 5.28. The quantitative estimate of drug-likeness (QED) is 0.253. The van der Waals surface area contributed by atoms with E-state index in [4.69, 9.17) is 0 Å². The van der Waals surface area contributed by atoms with Crippen LogP contribution >= 0.6 is 0 Å². The fourth-order valence-corrected chi connectivity index (χ4v) is 6.10. The number of hydrogen-bond donors (Lipinski definition) is 0. The number of hydrogen-bond acceptors (Lipinski definition) is 0. The molecule has 2 unspecified atom stereocenters. The average Bonchev–Trinajstić information content (AvgIpc) is 3.59. The fraction of sp³-hybridized carbons (Fsp3) is 0.243. The molecular formula is C37H38Cl2Zr-2. The molecule has 5 aromatic rings. The van der Waals surface area contributed by atoms with Crippen molar-refractivity contribution >= 4 is 24.8 Å². The molecule has 0 aliphatic heterocycles. The van der Waals surface area contributed by atoms with Crippen LogP contribution in [0.1, 0.15) is 57.6 Å². The summed E-state index contributed by atoms with van der Waals surface area (Å²) in [6.07, 6.45) is 8.79. The van der Waals surface area contributed by atoms with Crippen molar-refractivity contribution in [3.8, 4) is 0 Å². The Bertz CT molecular complexity index is 1380. The van der Waals surface area contributed by atoms with Gasteiger partial charge in [-0.25, -0.2) is 0 Å². The SMILES string of the molecule is CCC1=[C-]C(CC)CC1CC.[Cl-].[Cl-].[Zr+2]=[C](c1ccccc1)c1ccccc1.c1ccc2c(c1)[cH-]c1ccccc12. The zero-order chi connectivity index (χ0) is 26.7. The molecule has 0 amide bonds. The molecular weight excluding hydrogens is 607 g/mol. The number of fused-ring (bicyclic) bond motifs is 3. The topological polar surface area (TPSA) is 0 Å². The second-order valence-electron chi connectivity index (χ2n) is 9.90. The number of allylic oxidation sites excluding steroid dienone is 2. The van der Waals surface area contributed by atoms with Crippen LogP contribution in [0.3, 0.4) is 0 Å². The van der Waals surface area contributed by atoms with Crippen LogP contribution < -0.4 is 24.8 Å². The second kappa shape index (κ2) is 17.6. The van der Waals surface area contributed by atoms with Gasteiger partial charge >= 0.3 is 99.2 Å². The van der Waals surface area contributed by atoms with Crippen LogP contribution in [0.25, 0.3) is 21.5 Å². The van der Waals surface area contributed by atoms with Gasteiger partial charge in [0.15, 0.2) is 0 Å². The van der Waals surface area contributed by atoms with Crippen LogP contribution in [0, 0.1) is 17.9 Å². The second-order valence-corrected chi connectivity index (χ2v) is 11.1. The van der Waals surface area contributed by atoms with Crippen molar-refractivity contribution in [1.29, 1.82) is 0 Å². The third-order valence-corrected chi connectivity index (χ3v) is 8.88. The molecule has 0 spiro atoms. The van der Waals surface area contributed by atoms with Gasteiger partial charge in [0.2, 0.25) is 0 Å². The minimum absolute atomic E-state index is 0. The first-order valence-corrected chi connectivity index (χ1v) is 15.2. The van der Waals surface area contributed by atoms with Gasteiger partial charge in [0.25, 0.3) is 0 Å². The minimum Gasteiger partial charge on any atom is -0.126 e. The van der Waals surface area contributed by atoms with Gasteiger partial charge in [-0.1, -0.05) is 88.8 Å². The van der Waals surface area contributed by atoms with E-state index in [0.717, 1.165) is 11.8 Å². The summed E-state index contributed by atoms with van der Waals surface area (Å²) in [5.41, 5.74) is 4.26. The summed E-state index contributed by atoms with van der Waals surface area (Å²) in [5, 5.41) is 5.39. The van der Waals surface area contributed by atoms with Crippen molar-refractivity contribution in [2.45, 2.75) is 46.5 Å². The number of rotatable bonds is 5. The summed E-state index contributed by atoms with van der Waals surface area (Å²) >= 11 is 1.46. The molecule has 0 nitrogen and oxygen atoms in total. The van der Waals surface area contributed by atoms with Gasteiger partial charge in [0.05, 0.1) is 0 Å². The standard InChI is InChI=1S/C13H9.C13H10.C11H19.2ClH.Zr/c1-3-7-12-10(5-1)9-11-6-2-4-8-13(11)12;1-3-7-12(8-4-1)11-13-9-5-2-6-10-13;1-4-9-7-10(5-2)11(6-3)8-9;;;/h1-9H;1-10H;9-10H,4-7H2,1-3H3;2*1H;/q-1;;-1;;;+2/p-2. The first-order valence-electron chi connectivity index (χ1n) is 14.0. The predicted molar refractivity (Wildman–Crippen MR) is 162 cm³/mol. The molecule has 2 atom stereocenters. The molecule has 206 valence electrons. The molecule has 0 saturated carbocycles. The monoisotopic (exact) mass is 642 g/mol. The molecule has 0 fully saturated rings. The Labute approximate surface area is 268 Å². The van der Waals surface area contributed by atoms with Gasteiger partial charge in [0, 0.05) is 0 Å². The van der Waals surface area contributed by atoms with Crippen LogP contribution in [0.2, 0.25) is 0 Å². The molecule has 1 aliphatic rings. The number of benzene rings is 4. The van der Waals surface area contributed by atoms with Gasteiger partial charge in [0.1, 0.15) is 0 Å². The van der Waals surface area contributed by atoms with Gasteiger partial charge in [-0.2, -0.15) is 5.92 Å². The van der Waals surface area contributed by atoms with Crippen LogP contribution in [0.15, 0.2) is 121 Å². The Morgan fingerprint density at radius 2 is 1.12 bits per heavy atom. The first kappa shape index (κ1) is 34.0. The van der Waals surface area contributed by atoms with E-state index in [1.54, 1.807) is 5.57 Å². The molecule has 0 radical (unpaired) electrons. The maximum Gasteiger partial charge on any atom is -0.0771 e. The molecule has 0 heterocycles. The van der Waals surface area contributed by atoms with Crippen molar-refractivity contribution < 1.29 is 49.0 Å². The Morgan fingerprint density at radius 1 is 0.675 bits per heavy atom. The van der Waals surface area contributed by atoms with E-state index < -0.39 is 0 Å². The normalized spacial score (nSPS) is 15.5. The van der Waals surface area contributed by atoms with E-state index in [2.05, 4.69) is 142 Å². The van der Waals surface area contributed by atoms with E-state index >= 15 is 0 Å². The Hall–Kier alpha value is -2.18. The summed E-state index contributed by atoms with van der Waals surface area (Å²) in [5.74, 6) is 1.64. The average molecular weight is 645 g/mol. The van der Waals surface area contributed by atoms with Gasteiger partial charge < -0.3 is 30.9 Å². The summed E-state index contributed by atoms with van der Waals surface area (Å²) in [6, 6.07) is 40.4. The first-order chi connectivity index (χ1) is 18.6. The van der Waals surface area contributed by atoms with Crippen LogP contribution in [0.5, 0.6) is 0 Å². The van der Waals surface area contributed by atoms with Crippen molar-refractivity contribution in [2.75, 3.05) is 0 Å². The molecule has 40 heavy (non-hydrogen) atoms. The van der Waals surface area contributed by atoms with E-state index in [1.165, 1.54) is 85.8 Å². The molecule has 0 bridgehead atoms. The molecule has 0 saturated heterocycles. The number of halogens is 2. The minimum atomic E-state index is 0. The smallest absolute Gasteiger partial charge is 0.0771 e. The van der Waals surface area contributed by atoms with E-state index in [0.29, 0.717) is 0 Å². The van der Waals surface area contributed by atoms with Gasteiger partial charge in [-0.15, -0.1) is 39.7 Å². The van der Waals surface area contributed by atoms with Crippen LogP contribution in [-0.4, -0.2) is 3.21 Å². The Balaban J connectivity index is 0.000000207. The third kappa shape index (κ3) is 8.91. The van der Waals surface area contributed by atoms with Crippen molar-refractivity contribution in [1.82, 2.24) is 0 Å². The molecule has 6 rings (SSSR count). The summed E-state index contributed by atoms with van der Waals surface area (Å²) in [4.78, 5) is 0. The van der Waals surface area contributed by atoms with Crippen molar-refractivity contribution in [3.05, 3.63) is 138 Å². The molecule has 0 N–H and O–H groups in total. The Morgan fingerprint density at radius 3 is 1.52 bits per heavy atom. The van der Waals surface area contributed by atoms with Crippen LogP contribution in [0.4, 0.5) is 0 Å². The van der Waals surface area contributed by atoms with Crippen LogP contribution in [-0.2, 0) is 24.2 Å². The maximum absolute atomic E-state index is 3.61. The van der Waals surface area contributed by atoms with Gasteiger partial charge in [-0.3, -0.25) is 5.57 Å². The van der Waals surface area contributed by atoms with E-state index in [1.807, 2.05) is 0 Å². The van der Waals surface area contributed by atoms with Crippen molar-refractivity contribution in [2.24, 2.45) is 11.8 Å². The van der Waals surface area contributed by atoms with E-state index in [9.17, 15) is 0 Å². The zero-order valence-corrected chi connectivity index (χ0v) is 27.7. The summed E-state index contributed by atoms with van der Waals surface area (Å²) in [7, 11) is 0. The van der Waals surface area contributed by atoms with Crippen molar-refractivity contribution in [3.63, 3.8) is 0 Å². The molecule has 0 aromatic heterocycles. The maximum atomic E-state index is 3.61. The van der Waals surface area contributed by atoms with Gasteiger partial charge in [-0.05, 0) is 0 Å². The third-order valence-electron chi connectivity index (χ3n) is 7.47. The molecule has 3 heteroatoms. The predicted octanol–water partition coefficient (Wildman–Crippen LogP) is 4.10. The molecule has 1 aliphatic carbocycles. The summed E-state index contributed by atoms with van der Waals surface area (Å²) < 4.78 is 1.42. The zero-order valence-electron chi connectivity index (χ0n) is 23.7. The summed E-state index contributed by atoms with van der Waals surface area (Å²) in [6.45, 7) is 6.81. The van der Waals surface area contributed by atoms with E-state index in [-0.39, 0.29) is 24.8 Å². The molecule has 5 aromatic carbocycles.